The molecule has 1 atom stereocenters. The smallest absolute Gasteiger partial charge is 0.279 e. The Labute approximate surface area is 95.2 Å². The predicted octanol–water partition coefficient (Wildman–Crippen LogP) is -0.103. The van der Waals surface area contributed by atoms with Crippen LogP contribution in [0.1, 0.15) is 0 Å². The highest BCUT2D eigenvalue weighted by Gasteiger charge is 2.32. The summed E-state index contributed by atoms with van der Waals surface area (Å²) < 4.78 is 24.3. The SMILES string of the molecule is O=C1NC(C(=O)N(CCO)CC(F)F)CS1. The fourth-order valence-corrected chi connectivity index (χ4v) is 2.09. The summed E-state index contributed by atoms with van der Waals surface area (Å²) in [4.78, 5) is 23.4. The standard InChI is InChI=1S/C8H12F2N2O3S/c9-6(10)3-12(1-2-13)7(14)5-4-16-8(15)11-5/h5-6,13H,1-4H2,(H,11,15). The molecule has 0 saturated carbocycles. The van der Waals surface area contributed by atoms with Crippen molar-refractivity contribution in [1.29, 1.82) is 0 Å². The van der Waals surface area contributed by atoms with Crippen molar-refractivity contribution in [2.45, 2.75) is 12.5 Å². The number of thioether (sulfide) groups is 1. The number of amides is 2. The molecule has 1 aliphatic rings. The van der Waals surface area contributed by atoms with E-state index in [-0.39, 0.29) is 24.1 Å². The number of carbonyl (C=O) groups excluding carboxylic acids is 2. The van der Waals surface area contributed by atoms with Crippen LogP contribution in [0.4, 0.5) is 13.6 Å². The Morgan fingerprint density at radius 1 is 1.69 bits per heavy atom. The first-order valence-electron chi connectivity index (χ1n) is 4.65. The number of nitrogens with one attached hydrogen (secondary N) is 1. The normalized spacial score (nSPS) is 20.0. The van der Waals surface area contributed by atoms with Gasteiger partial charge in [0.15, 0.2) is 0 Å². The molecule has 1 aliphatic heterocycles. The molecule has 1 unspecified atom stereocenters. The first-order valence-corrected chi connectivity index (χ1v) is 5.64. The molecule has 1 fully saturated rings. The van der Waals surface area contributed by atoms with Crippen LogP contribution in [-0.2, 0) is 4.79 Å². The van der Waals surface area contributed by atoms with E-state index in [0.717, 1.165) is 16.7 Å². The van der Waals surface area contributed by atoms with Gasteiger partial charge >= 0.3 is 0 Å². The number of aliphatic hydroxyl groups excluding tert-OH is 1. The number of aliphatic hydroxyl groups is 1. The van der Waals surface area contributed by atoms with E-state index in [1.54, 1.807) is 0 Å². The second-order valence-corrected chi connectivity index (χ2v) is 4.19. The average Bonchev–Trinajstić information content (AvgIpc) is 2.62. The third kappa shape index (κ3) is 3.60. The Balaban J connectivity index is 2.55. The predicted molar refractivity (Wildman–Crippen MR) is 54.4 cm³/mol. The topological polar surface area (TPSA) is 69.6 Å². The van der Waals surface area contributed by atoms with Crippen LogP contribution >= 0.6 is 11.8 Å². The van der Waals surface area contributed by atoms with Crippen molar-refractivity contribution >= 4 is 22.9 Å². The van der Waals surface area contributed by atoms with Crippen LogP contribution < -0.4 is 5.32 Å². The van der Waals surface area contributed by atoms with Gasteiger partial charge in [0.05, 0.1) is 13.2 Å². The third-order valence-electron chi connectivity index (χ3n) is 2.01. The summed E-state index contributed by atoms with van der Waals surface area (Å²) in [6.07, 6.45) is -2.65. The molecule has 2 amide bonds. The molecule has 1 heterocycles. The summed E-state index contributed by atoms with van der Waals surface area (Å²) in [7, 11) is 0. The zero-order valence-electron chi connectivity index (χ0n) is 8.36. The summed E-state index contributed by atoms with van der Waals surface area (Å²) >= 11 is 0.941. The molecule has 1 rings (SSSR count). The number of hydrogen-bond acceptors (Lipinski definition) is 4. The Hall–Kier alpha value is -0.890. The first kappa shape index (κ1) is 13.2. The molecule has 0 bridgehead atoms. The number of carbonyl (C=O) groups is 2. The molecular formula is C8H12F2N2O3S. The average molecular weight is 254 g/mol. The Kier molecular flexibility index (Phi) is 4.94. The molecule has 0 radical (unpaired) electrons. The highest BCUT2D eigenvalue weighted by molar-refractivity contribution is 8.14. The van der Waals surface area contributed by atoms with Gasteiger partial charge < -0.3 is 15.3 Å². The number of nitrogens with zero attached hydrogens (tertiary/aromatic N) is 1. The van der Waals surface area contributed by atoms with E-state index >= 15 is 0 Å². The number of halogens is 2. The van der Waals surface area contributed by atoms with Gasteiger partial charge in [-0.1, -0.05) is 11.8 Å². The minimum absolute atomic E-state index is 0.153. The first-order chi connectivity index (χ1) is 7.54. The Morgan fingerprint density at radius 3 is 2.81 bits per heavy atom. The largest absolute Gasteiger partial charge is 0.395 e. The Morgan fingerprint density at radius 2 is 2.38 bits per heavy atom. The van der Waals surface area contributed by atoms with Crippen LogP contribution in [-0.4, -0.2) is 59.1 Å². The number of alkyl halides is 2. The van der Waals surface area contributed by atoms with Crippen molar-refractivity contribution in [1.82, 2.24) is 10.2 Å². The summed E-state index contributed by atoms with van der Waals surface area (Å²) in [5, 5.41) is 10.7. The van der Waals surface area contributed by atoms with E-state index in [1.807, 2.05) is 0 Å². The van der Waals surface area contributed by atoms with E-state index in [0.29, 0.717) is 0 Å². The number of hydrogen-bond donors (Lipinski definition) is 2. The highest BCUT2D eigenvalue weighted by atomic mass is 32.2. The van der Waals surface area contributed by atoms with Gasteiger partial charge in [-0.15, -0.1) is 0 Å². The van der Waals surface area contributed by atoms with Crippen molar-refractivity contribution in [3.63, 3.8) is 0 Å². The van der Waals surface area contributed by atoms with Gasteiger partial charge in [-0.25, -0.2) is 8.78 Å². The van der Waals surface area contributed by atoms with Gasteiger partial charge in [-0.2, -0.15) is 0 Å². The number of rotatable bonds is 5. The molecule has 16 heavy (non-hydrogen) atoms. The molecule has 1 saturated heterocycles. The lowest BCUT2D eigenvalue weighted by atomic mass is 10.3. The molecule has 0 aromatic heterocycles. The molecule has 0 aliphatic carbocycles. The lowest BCUT2D eigenvalue weighted by molar-refractivity contribution is -0.135. The van der Waals surface area contributed by atoms with Crippen molar-refractivity contribution in [3.05, 3.63) is 0 Å². The molecule has 0 aromatic carbocycles. The van der Waals surface area contributed by atoms with E-state index in [2.05, 4.69) is 5.32 Å². The molecule has 2 N–H and O–H groups in total. The lowest BCUT2D eigenvalue weighted by Gasteiger charge is -2.23. The van der Waals surface area contributed by atoms with Crippen molar-refractivity contribution in [2.24, 2.45) is 0 Å². The fourth-order valence-electron chi connectivity index (χ4n) is 1.32. The van der Waals surface area contributed by atoms with Crippen LogP contribution in [0.15, 0.2) is 0 Å². The van der Waals surface area contributed by atoms with Crippen molar-refractivity contribution in [2.75, 3.05) is 25.4 Å². The zero-order valence-corrected chi connectivity index (χ0v) is 9.17. The molecule has 0 aromatic rings. The molecule has 8 heteroatoms. The van der Waals surface area contributed by atoms with Crippen LogP contribution in [0.5, 0.6) is 0 Å². The minimum atomic E-state index is -2.65. The summed E-state index contributed by atoms with van der Waals surface area (Å²) in [5.41, 5.74) is 0. The van der Waals surface area contributed by atoms with Crippen LogP contribution in [0.3, 0.4) is 0 Å². The van der Waals surface area contributed by atoms with Gasteiger partial charge in [0.2, 0.25) is 5.91 Å². The van der Waals surface area contributed by atoms with Gasteiger partial charge in [-0.3, -0.25) is 9.59 Å². The monoisotopic (exact) mass is 254 g/mol. The summed E-state index contributed by atoms with van der Waals surface area (Å²) in [6, 6.07) is -0.761. The molecule has 92 valence electrons. The second-order valence-electron chi connectivity index (χ2n) is 3.19. The molecular weight excluding hydrogens is 242 g/mol. The van der Waals surface area contributed by atoms with E-state index in [1.165, 1.54) is 0 Å². The third-order valence-corrected chi connectivity index (χ3v) is 2.89. The summed E-state index contributed by atoms with van der Waals surface area (Å²) in [6.45, 7) is -1.26. The van der Waals surface area contributed by atoms with Crippen LogP contribution in [0.25, 0.3) is 0 Å². The van der Waals surface area contributed by atoms with Gasteiger partial charge in [-0.05, 0) is 0 Å². The van der Waals surface area contributed by atoms with Crippen LogP contribution in [0, 0.1) is 0 Å². The van der Waals surface area contributed by atoms with E-state index in [4.69, 9.17) is 5.11 Å². The van der Waals surface area contributed by atoms with Crippen LogP contribution in [0.2, 0.25) is 0 Å². The van der Waals surface area contributed by atoms with E-state index in [9.17, 15) is 18.4 Å². The van der Waals surface area contributed by atoms with Crippen molar-refractivity contribution < 1.29 is 23.5 Å². The molecule has 0 spiro atoms. The maximum absolute atomic E-state index is 12.2. The van der Waals surface area contributed by atoms with Crippen molar-refractivity contribution in [3.8, 4) is 0 Å². The zero-order chi connectivity index (χ0) is 12.1. The minimum Gasteiger partial charge on any atom is -0.395 e. The van der Waals surface area contributed by atoms with E-state index < -0.39 is 24.9 Å². The van der Waals surface area contributed by atoms with Gasteiger partial charge in [0.25, 0.3) is 11.7 Å². The molecule has 5 nitrogen and oxygen atoms in total. The Bertz CT molecular complexity index is 278. The van der Waals surface area contributed by atoms with Gasteiger partial charge in [0.1, 0.15) is 6.04 Å². The maximum Gasteiger partial charge on any atom is 0.279 e. The fraction of sp³-hybridized carbons (Fsp3) is 0.750. The quantitative estimate of drug-likeness (QED) is 0.718. The summed E-state index contributed by atoms with van der Waals surface area (Å²) in [5.74, 6) is -0.337. The highest BCUT2D eigenvalue weighted by Crippen LogP contribution is 2.15. The second kappa shape index (κ2) is 6.00. The maximum atomic E-state index is 12.2. The lowest BCUT2D eigenvalue weighted by Crippen LogP contribution is -2.48. The van der Waals surface area contributed by atoms with Gasteiger partial charge in [0, 0.05) is 12.3 Å².